The predicted octanol–water partition coefficient (Wildman–Crippen LogP) is -0.439. The van der Waals surface area contributed by atoms with Gasteiger partial charge in [-0.2, -0.15) is 9.95 Å². The fraction of sp³-hybridized carbons (Fsp3) is 0. The number of carbonyl (C=O) groups excluding carboxylic acids is 1. The molecule has 0 radical (unpaired) electrons. The summed E-state index contributed by atoms with van der Waals surface area (Å²) in [5.74, 6) is 4.70. The van der Waals surface area contributed by atoms with E-state index >= 15 is 0 Å². The molecule has 0 aliphatic heterocycles. The van der Waals surface area contributed by atoms with Gasteiger partial charge in [0.2, 0.25) is 0 Å². The lowest BCUT2D eigenvalue weighted by molar-refractivity contribution is 0.239. The van der Waals surface area contributed by atoms with E-state index in [0.717, 1.165) is 4.41 Å². The Bertz CT molecular complexity index is 75.3. The van der Waals surface area contributed by atoms with Gasteiger partial charge in [-0.1, -0.05) is 12.6 Å². The highest BCUT2D eigenvalue weighted by atomic mass is 32.1. The lowest BCUT2D eigenvalue weighted by Crippen LogP contribution is -2.37. The molecule has 0 spiro atoms. The van der Waals surface area contributed by atoms with E-state index in [2.05, 4.69) is 25.4 Å². The van der Waals surface area contributed by atoms with Gasteiger partial charge in [-0.15, -0.1) is 0 Å². The lowest BCUT2D eigenvalue weighted by atomic mass is 11.4. The Kier molecular flexibility index (Phi) is 3.18. The first-order chi connectivity index (χ1) is 3.18. The Labute approximate surface area is 51.9 Å². The normalized spacial score (nSPS) is 8.43. The second-order valence-corrected chi connectivity index (χ2v) is 1.51. The number of thiol groups is 2. The largest absolute Gasteiger partial charge is 0.303 e. The highest BCUT2D eigenvalue weighted by molar-refractivity contribution is 7.98. The molecule has 42 valence electrons. The Morgan fingerprint density at radius 1 is 1.86 bits per heavy atom. The van der Waals surface area contributed by atoms with Gasteiger partial charge in [0.05, 0.1) is 0 Å². The summed E-state index contributed by atoms with van der Waals surface area (Å²) in [5, 5.41) is -0.550. The van der Waals surface area contributed by atoms with Crippen molar-refractivity contribution in [2.45, 2.75) is 0 Å². The van der Waals surface area contributed by atoms with Gasteiger partial charge in [-0.3, -0.25) is 10.6 Å². The van der Waals surface area contributed by atoms with Crippen molar-refractivity contribution in [3.05, 3.63) is 0 Å². The van der Waals surface area contributed by atoms with Crippen LogP contribution in [0.2, 0.25) is 0 Å². The van der Waals surface area contributed by atoms with Gasteiger partial charge in [0.15, 0.2) is 0 Å². The molecule has 0 fully saturated rings. The summed E-state index contributed by atoms with van der Waals surface area (Å²) in [7, 11) is 0. The van der Waals surface area contributed by atoms with Crippen LogP contribution in [0.25, 0.3) is 0 Å². The maximum Gasteiger partial charge on any atom is 0.303 e. The standard InChI is InChI=1S/CH5N3OS2/c2-3-4(7)1(5)6/h3,7H,2H2,(H,5,6). The number of amides is 1. The molecule has 0 aromatic heterocycles. The van der Waals surface area contributed by atoms with Gasteiger partial charge in [-0.05, 0) is 12.8 Å². The van der Waals surface area contributed by atoms with Crippen molar-refractivity contribution in [2.75, 3.05) is 0 Å². The topological polar surface area (TPSA) is 58.4 Å². The van der Waals surface area contributed by atoms with Crippen LogP contribution < -0.4 is 11.4 Å². The molecule has 0 saturated carbocycles. The highest BCUT2D eigenvalue weighted by Crippen LogP contribution is 1.90. The Hall–Kier alpha value is 0.0900. The van der Waals surface area contributed by atoms with Crippen LogP contribution in [-0.2, 0) is 0 Å². The molecule has 6 heteroatoms. The molecular formula is CH5N3OS2. The summed E-state index contributed by atoms with van der Waals surface area (Å²) in [6.45, 7) is 0. The molecule has 0 unspecified atom stereocenters. The molecule has 0 aliphatic rings. The summed E-state index contributed by atoms with van der Waals surface area (Å²) < 4.78 is 0.739. The minimum Gasteiger partial charge on any atom is -0.259 e. The van der Waals surface area contributed by atoms with E-state index in [9.17, 15) is 4.79 Å². The van der Waals surface area contributed by atoms with Crippen LogP contribution >= 0.6 is 25.4 Å². The van der Waals surface area contributed by atoms with Crippen molar-refractivity contribution in [3.8, 4) is 0 Å². The van der Waals surface area contributed by atoms with Crippen molar-refractivity contribution in [2.24, 2.45) is 5.84 Å². The van der Waals surface area contributed by atoms with Crippen molar-refractivity contribution < 1.29 is 4.79 Å². The molecule has 3 N–H and O–H groups in total. The summed E-state index contributed by atoms with van der Waals surface area (Å²) in [6, 6.07) is 0. The number of hydrogen-bond donors (Lipinski definition) is 4. The average Bonchev–Trinajstić information content (AvgIpc) is 1.65. The Balaban J connectivity index is 3.34. The summed E-state index contributed by atoms with van der Waals surface area (Å²) in [4.78, 5) is 9.95. The molecule has 7 heavy (non-hydrogen) atoms. The van der Waals surface area contributed by atoms with E-state index in [-0.39, 0.29) is 0 Å². The smallest absolute Gasteiger partial charge is 0.259 e. The molecule has 4 nitrogen and oxygen atoms in total. The maximum absolute atomic E-state index is 9.95. The molecule has 0 atom stereocenters. The summed E-state index contributed by atoms with van der Waals surface area (Å²) in [6.07, 6.45) is 0. The third-order valence-electron chi connectivity index (χ3n) is 0.303. The number of hydrogen-bond acceptors (Lipinski definition) is 4. The quantitative estimate of drug-likeness (QED) is 0.226. The van der Waals surface area contributed by atoms with Gasteiger partial charge in [0.25, 0.3) is 0 Å². The molecular weight excluding hydrogens is 134 g/mol. The SMILES string of the molecule is NNN(S)C(=O)S. The van der Waals surface area contributed by atoms with E-state index in [4.69, 9.17) is 5.84 Å². The van der Waals surface area contributed by atoms with Gasteiger partial charge in [-0.25, -0.2) is 0 Å². The third kappa shape index (κ3) is 2.75. The third-order valence-corrected chi connectivity index (χ3v) is 0.958. The van der Waals surface area contributed by atoms with Crippen LogP contribution in [0.3, 0.4) is 0 Å². The number of carbonyl (C=O) groups is 1. The van der Waals surface area contributed by atoms with Crippen molar-refractivity contribution >= 4 is 30.7 Å². The first kappa shape index (κ1) is 7.09. The van der Waals surface area contributed by atoms with Gasteiger partial charge in [0, 0.05) is 0 Å². The first-order valence-corrected chi connectivity index (χ1v) is 2.21. The average molecular weight is 139 g/mol. The maximum atomic E-state index is 9.95. The second-order valence-electron chi connectivity index (χ2n) is 0.723. The van der Waals surface area contributed by atoms with E-state index < -0.39 is 5.24 Å². The molecule has 0 saturated heterocycles. The Morgan fingerprint density at radius 2 is 2.29 bits per heavy atom. The number of nitrogens with zero attached hydrogens (tertiary/aromatic N) is 1. The lowest BCUT2D eigenvalue weighted by Gasteiger charge is -2.06. The van der Waals surface area contributed by atoms with Crippen LogP contribution in [0, 0.1) is 0 Å². The van der Waals surface area contributed by atoms with Crippen molar-refractivity contribution in [3.63, 3.8) is 0 Å². The zero-order chi connectivity index (χ0) is 5.86. The predicted molar refractivity (Wildman–Crippen MR) is 32.5 cm³/mol. The zero-order valence-corrected chi connectivity index (χ0v) is 5.12. The number of rotatable bonds is 1. The second kappa shape index (κ2) is 3.14. The summed E-state index contributed by atoms with van der Waals surface area (Å²) >= 11 is 6.84. The fourth-order valence-corrected chi connectivity index (χ4v) is 0.113. The van der Waals surface area contributed by atoms with Gasteiger partial charge in [0.1, 0.15) is 0 Å². The number of nitrogens with one attached hydrogen (secondary N) is 1. The minimum atomic E-state index is -0.550. The molecule has 0 aromatic carbocycles. The first-order valence-electron chi connectivity index (χ1n) is 1.36. The molecule has 0 aromatic rings. The van der Waals surface area contributed by atoms with Crippen LogP contribution in [0.5, 0.6) is 0 Å². The van der Waals surface area contributed by atoms with Gasteiger partial charge < -0.3 is 0 Å². The van der Waals surface area contributed by atoms with E-state index in [1.54, 1.807) is 0 Å². The zero-order valence-electron chi connectivity index (χ0n) is 3.33. The van der Waals surface area contributed by atoms with Gasteiger partial charge >= 0.3 is 5.24 Å². The minimum absolute atomic E-state index is 0.550. The molecule has 0 heterocycles. The van der Waals surface area contributed by atoms with E-state index in [1.165, 1.54) is 0 Å². The molecule has 1 amide bonds. The molecule has 0 rings (SSSR count). The van der Waals surface area contributed by atoms with Crippen molar-refractivity contribution in [1.29, 1.82) is 0 Å². The van der Waals surface area contributed by atoms with Crippen LogP contribution in [-0.4, -0.2) is 9.65 Å². The van der Waals surface area contributed by atoms with E-state index in [0.29, 0.717) is 0 Å². The molecule has 0 bridgehead atoms. The van der Waals surface area contributed by atoms with E-state index in [1.807, 2.05) is 5.53 Å². The molecule has 0 aliphatic carbocycles. The number of hydrazine groups is 2. The van der Waals surface area contributed by atoms with Crippen molar-refractivity contribution in [1.82, 2.24) is 9.95 Å². The van der Waals surface area contributed by atoms with Crippen LogP contribution in [0.1, 0.15) is 0 Å². The monoisotopic (exact) mass is 139 g/mol. The fourth-order valence-electron chi connectivity index (χ4n) is 0.0552. The summed E-state index contributed by atoms with van der Waals surface area (Å²) in [5.41, 5.74) is 1.94. The number of nitrogens with two attached hydrogens (primary N) is 1. The Morgan fingerprint density at radius 3 is 2.29 bits per heavy atom. The van der Waals surface area contributed by atoms with Crippen LogP contribution in [0.15, 0.2) is 0 Å². The highest BCUT2D eigenvalue weighted by Gasteiger charge is 1.96. The van der Waals surface area contributed by atoms with Crippen LogP contribution in [0.4, 0.5) is 4.79 Å².